The highest BCUT2D eigenvalue weighted by atomic mass is 16.5. The number of Topliss-reactive ketones (excluding diaryl/α,β-unsaturated/α-hetero) is 1. The number of ketones is 1. The summed E-state index contributed by atoms with van der Waals surface area (Å²) >= 11 is 0. The molecule has 3 rings (SSSR count). The fourth-order valence-corrected chi connectivity index (χ4v) is 5.28. The van der Waals surface area contributed by atoms with E-state index >= 15 is 0 Å². The first-order valence-corrected chi connectivity index (χ1v) is 11.5. The Morgan fingerprint density at radius 1 is 1.17 bits per heavy atom. The average molecular weight is 416 g/mol. The number of hydroxylamine groups is 1. The van der Waals surface area contributed by atoms with E-state index in [1.807, 2.05) is 30.3 Å². The van der Waals surface area contributed by atoms with Gasteiger partial charge in [-0.3, -0.25) is 15.0 Å². The van der Waals surface area contributed by atoms with E-state index in [9.17, 15) is 19.9 Å². The minimum Gasteiger partial charge on any atom is -0.771 e. The molecule has 1 saturated heterocycles. The fourth-order valence-electron chi connectivity index (χ4n) is 5.28. The molecule has 2 aliphatic rings. The average Bonchev–Trinajstić information content (AvgIpc) is 3.38. The van der Waals surface area contributed by atoms with Crippen LogP contribution in [0.1, 0.15) is 70.3 Å². The van der Waals surface area contributed by atoms with Gasteiger partial charge in [-0.05, 0) is 30.7 Å². The molecule has 0 amide bonds. The summed E-state index contributed by atoms with van der Waals surface area (Å²) in [5.41, 5.74) is 2.89. The quantitative estimate of drug-likeness (QED) is 0.466. The number of unbranched alkanes of at least 4 members (excludes halogenated alkanes) is 6. The highest BCUT2D eigenvalue weighted by molar-refractivity contribution is 5.94. The second kappa shape index (κ2) is 10.5. The molecule has 0 aromatic heterocycles. The Morgan fingerprint density at radius 2 is 1.83 bits per heavy atom. The zero-order valence-corrected chi connectivity index (χ0v) is 18.0. The number of rotatable bonds is 13. The van der Waals surface area contributed by atoms with Gasteiger partial charge in [0, 0.05) is 5.92 Å². The van der Waals surface area contributed by atoms with Crippen LogP contribution in [0.5, 0.6) is 0 Å². The number of hydrazine groups is 1. The summed E-state index contributed by atoms with van der Waals surface area (Å²) in [6.45, 7) is 2.00. The third-order valence-corrected chi connectivity index (χ3v) is 6.92. The minimum atomic E-state index is -1.05. The van der Waals surface area contributed by atoms with Gasteiger partial charge in [0.25, 0.3) is 0 Å². The maximum absolute atomic E-state index is 12.9. The van der Waals surface area contributed by atoms with Crippen LogP contribution in [0.4, 0.5) is 0 Å². The van der Waals surface area contributed by atoms with Gasteiger partial charge in [0.05, 0.1) is 18.0 Å². The lowest BCUT2D eigenvalue weighted by molar-refractivity contribution is -0.139. The number of carboxylic acids is 1. The van der Waals surface area contributed by atoms with Gasteiger partial charge in [-0.25, -0.2) is 0 Å². The molecule has 166 valence electrons. The summed E-state index contributed by atoms with van der Waals surface area (Å²) in [5.74, 6) is -1.87. The normalized spacial score (nSPS) is 28.7. The largest absolute Gasteiger partial charge is 0.771 e. The van der Waals surface area contributed by atoms with Crippen molar-refractivity contribution in [2.45, 2.75) is 76.7 Å². The lowest BCUT2D eigenvalue weighted by Crippen LogP contribution is -2.51. The van der Waals surface area contributed by atoms with Gasteiger partial charge in [-0.15, -0.1) is 0 Å². The van der Waals surface area contributed by atoms with Crippen molar-refractivity contribution in [1.82, 2.24) is 10.6 Å². The summed E-state index contributed by atoms with van der Waals surface area (Å²) in [6, 6.07) is 9.84. The van der Waals surface area contributed by atoms with Gasteiger partial charge in [0.1, 0.15) is 0 Å². The fraction of sp³-hybridized carbons (Fsp3) is 0.667. The van der Waals surface area contributed by atoms with Crippen LogP contribution in [0.3, 0.4) is 0 Å². The zero-order valence-electron chi connectivity index (χ0n) is 18.0. The van der Waals surface area contributed by atoms with Gasteiger partial charge >= 0.3 is 5.97 Å². The molecule has 2 N–H and O–H groups in total. The highest BCUT2D eigenvalue weighted by Crippen LogP contribution is 2.57. The van der Waals surface area contributed by atoms with Gasteiger partial charge in [-0.2, -0.15) is 0 Å². The predicted molar refractivity (Wildman–Crippen MR) is 116 cm³/mol. The van der Waals surface area contributed by atoms with Crippen LogP contribution in [-0.2, 0) is 16.0 Å². The molecule has 6 nitrogen and oxygen atoms in total. The predicted octanol–water partition coefficient (Wildman–Crippen LogP) is 4.33. The van der Waals surface area contributed by atoms with Crippen molar-refractivity contribution in [3.8, 4) is 0 Å². The third-order valence-electron chi connectivity index (χ3n) is 6.92. The smallest absolute Gasteiger partial charge is 0.307 e. The van der Waals surface area contributed by atoms with E-state index in [-0.39, 0.29) is 24.2 Å². The van der Waals surface area contributed by atoms with Crippen LogP contribution in [0, 0.1) is 23.0 Å². The number of hydrogen-bond donors (Lipinski definition) is 2. The van der Waals surface area contributed by atoms with Gasteiger partial charge in [0.2, 0.25) is 0 Å². The summed E-state index contributed by atoms with van der Waals surface area (Å²) < 4.78 is 0. The molecule has 4 unspecified atom stereocenters. The Morgan fingerprint density at radius 3 is 2.43 bits per heavy atom. The molecule has 1 aliphatic heterocycles. The first kappa shape index (κ1) is 22.9. The molecule has 1 aromatic rings. The minimum absolute atomic E-state index is 0.0307. The number of carbonyl (C=O) groups is 2. The zero-order chi connectivity index (χ0) is 21.6. The summed E-state index contributed by atoms with van der Waals surface area (Å²) in [4.78, 5) is 24.8. The van der Waals surface area contributed by atoms with E-state index < -0.39 is 17.4 Å². The molecule has 1 aliphatic carbocycles. The summed E-state index contributed by atoms with van der Waals surface area (Å²) in [5, 5.41) is 22.4. The van der Waals surface area contributed by atoms with Crippen molar-refractivity contribution in [2.75, 3.05) is 6.54 Å². The maximum Gasteiger partial charge on any atom is 0.307 e. The topological polar surface area (TPSA) is 92.7 Å². The standard InChI is InChI=1S/C24H35N2O4/c1-2-3-4-5-6-7-11-14-19-21(23(28)29)22(19)24(20(27)17-26(30)25-24)16-15-18-12-9-8-10-13-18/h8-10,12-13,19,21-22,25H,2-7,11,14-17H2,1H3,(H,28,29)/q-1. The Labute approximate surface area is 179 Å². The molecular formula is C24H35N2O4-. The number of aliphatic carboxylic acids is 1. The summed E-state index contributed by atoms with van der Waals surface area (Å²) in [7, 11) is 0. The van der Waals surface area contributed by atoms with E-state index in [1.165, 1.54) is 32.1 Å². The number of aryl methyl sites for hydroxylation is 1. The first-order valence-electron chi connectivity index (χ1n) is 11.5. The maximum atomic E-state index is 12.9. The molecule has 0 radical (unpaired) electrons. The third kappa shape index (κ3) is 5.29. The van der Waals surface area contributed by atoms with Gasteiger partial charge < -0.3 is 15.5 Å². The van der Waals surface area contributed by atoms with Crippen LogP contribution in [0.2, 0.25) is 0 Å². The van der Waals surface area contributed by atoms with E-state index in [0.29, 0.717) is 18.0 Å². The number of benzene rings is 1. The monoisotopic (exact) mass is 415 g/mol. The number of carbonyl (C=O) groups excluding carboxylic acids is 1. The summed E-state index contributed by atoms with van der Waals surface area (Å²) in [6.07, 6.45) is 10.2. The molecule has 0 spiro atoms. The Balaban J connectivity index is 1.63. The SMILES string of the molecule is CCCCCCCCCC1C(C(=O)O)C1C1(CCc2ccccc2)NN([O-])CC1=O. The lowest BCUT2D eigenvalue weighted by atomic mass is 9.82. The van der Waals surface area contributed by atoms with Gasteiger partial charge in [0.15, 0.2) is 5.78 Å². The van der Waals surface area contributed by atoms with Crippen LogP contribution >= 0.6 is 0 Å². The van der Waals surface area contributed by atoms with Crippen LogP contribution < -0.4 is 5.43 Å². The van der Waals surface area contributed by atoms with Crippen molar-refractivity contribution in [1.29, 1.82) is 0 Å². The van der Waals surface area contributed by atoms with Crippen LogP contribution in [-0.4, -0.2) is 34.1 Å². The second-order valence-corrected chi connectivity index (χ2v) is 8.99. The Kier molecular flexibility index (Phi) is 8.03. The van der Waals surface area contributed by atoms with Crippen LogP contribution in [0.15, 0.2) is 30.3 Å². The molecule has 1 saturated carbocycles. The Bertz CT molecular complexity index is 710. The Hall–Kier alpha value is -1.76. The number of carboxylic acid groups (broad SMARTS) is 1. The van der Waals surface area contributed by atoms with E-state index in [1.54, 1.807) is 0 Å². The van der Waals surface area contributed by atoms with E-state index in [2.05, 4.69) is 12.3 Å². The lowest BCUT2D eigenvalue weighted by Gasteiger charge is -2.32. The molecule has 4 atom stereocenters. The van der Waals surface area contributed by atoms with Gasteiger partial charge in [-0.1, -0.05) is 82.2 Å². The second-order valence-electron chi connectivity index (χ2n) is 8.99. The number of nitrogens with zero attached hydrogens (tertiary/aromatic N) is 1. The molecule has 1 aromatic carbocycles. The van der Waals surface area contributed by atoms with Crippen molar-refractivity contribution in [3.05, 3.63) is 41.1 Å². The van der Waals surface area contributed by atoms with Crippen molar-refractivity contribution in [2.24, 2.45) is 17.8 Å². The molecule has 2 fully saturated rings. The highest BCUT2D eigenvalue weighted by Gasteiger charge is 2.67. The van der Waals surface area contributed by atoms with Crippen molar-refractivity contribution >= 4 is 11.8 Å². The molecular weight excluding hydrogens is 380 g/mol. The first-order chi connectivity index (χ1) is 14.5. The van der Waals surface area contributed by atoms with Crippen LogP contribution in [0.25, 0.3) is 0 Å². The number of nitrogens with one attached hydrogen (secondary N) is 1. The van der Waals surface area contributed by atoms with E-state index in [4.69, 9.17) is 0 Å². The van der Waals surface area contributed by atoms with Crippen molar-refractivity contribution < 1.29 is 14.7 Å². The number of hydrogen-bond acceptors (Lipinski definition) is 5. The molecule has 1 heterocycles. The molecule has 30 heavy (non-hydrogen) atoms. The van der Waals surface area contributed by atoms with E-state index in [0.717, 1.165) is 24.8 Å². The molecule has 6 heteroatoms. The molecule has 0 bridgehead atoms. The van der Waals surface area contributed by atoms with Crippen molar-refractivity contribution in [3.63, 3.8) is 0 Å².